The van der Waals surface area contributed by atoms with Crippen molar-refractivity contribution in [3.63, 3.8) is 0 Å². The third kappa shape index (κ3) is 6.61. The number of aliphatic imine (C=N–C) groups is 1. The van der Waals surface area contributed by atoms with E-state index in [0.29, 0.717) is 43.4 Å². The lowest BCUT2D eigenvalue weighted by molar-refractivity contribution is -0.133. The first-order chi connectivity index (χ1) is 16.4. The van der Waals surface area contributed by atoms with Crippen molar-refractivity contribution in [3.8, 4) is 5.75 Å². The number of rotatable bonds is 9. The predicted molar refractivity (Wildman–Crippen MR) is 124 cm³/mol. The molecule has 4 N–H and O–H groups in total. The van der Waals surface area contributed by atoms with Gasteiger partial charge >= 0.3 is 0 Å². The SMILES string of the molecule is COc1cc(F)c(CNc2nc(N/C(C=NCC(=O)N3CCOCC3)=C/N)ncc2C)c(F)c1. The van der Waals surface area contributed by atoms with Gasteiger partial charge in [0.05, 0.1) is 26.0 Å². The number of hydrogen-bond donors (Lipinski definition) is 3. The molecule has 1 aromatic carbocycles. The summed E-state index contributed by atoms with van der Waals surface area (Å²) in [6.45, 7) is 3.72. The zero-order chi connectivity index (χ0) is 24.5. The molecular weight excluding hydrogens is 448 g/mol. The fourth-order valence-corrected chi connectivity index (χ4v) is 3.10. The molecule has 3 rings (SSSR count). The molecule has 2 heterocycles. The first-order valence-electron chi connectivity index (χ1n) is 10.5. The molecule has 1 saturated heterocycles. The minimum absolute atomic E-state index is 0.0282. The molecule has 12 heteroatoms. The highest BCUT2D eigenvalue weighted by Gasteiger charge is 2.16. The number of nitrogens with zero attached hydrogens (tertiary/aromatic N) is 4. The van der Waals surface area contributed by atoms with E-state index in [1.807, 2.05) is 0 Å². The summed E-state index contributed by atoms with van der Waals surface area (Å²) in [6.07, 6.45) is 4.23. The minimum atomic E-state index is -0.731. The van der Waals surface area contributed by atoms with Gasteiger partial charge in [-0.05, 0) is 6.92 Å². The highest BCUT2D eigenvalue weighted by Crippen LogP contribution is 2.22. The molecule has 182 valence electrons. The molecule has 0 unspecified atom stereocenters. The summed E-state index contributed by atoms with van der Waals surface area (Å²) in [5, 5.41) is 5.82. The Morgan fingerprint density at radius 3 is 2.68 bits per heavy atom. The Labute approximate surface area is 195 Å². The molecule has 0 bridgehead atoms. The van der Waals surface area contributed by atoms with Crippen molar-refractivity contribution in [2.75, 3.05) is 50.6 Å². The number of carbonyl (C=O) groups excluding carboxylic acids is 1. The van der Waals surface area contributed by atoms with E-state index >= 15 is 0 Å². The topological polar surface area (TPSA) is 127 Å². The number of aromatic nitrogens is 2. The first kappa shape index (κ1) is 24.8. The highest BCUT2D eigenvalue weighted by molar-refractivity contribution is 5.85. The Balaban J connectivity index is 1.61. The molecule has 34 heavy (non-hydrogen) atoms. The Bertz CT molecular complexity index is 1050. The van der Waals surface area contributed by atoms with Gasteiger partial charge in [-0.1, -0.05) is 0 Å². The molecule has 10 nitrogen and oxygen atoms in total. The number of morpholine rings is 1. The third-order valence-electron chi connectivity index (χ3n) is 5.01. The van der Waals surface area contributed by atoms with Gasteiger partial charge in [0.15, 0.2) is 0 Å². The van der Waals surface area contributed by atoms with E-state index in [1.54, 1.807) is 18.0 Å². The second kappa shape index (κ2) is 11.9. The number of nitrogens with two attached hydrogens (primary N) is 1. The number of halogens is 2. The zero-order valence-corrected chi connectivity index (χ0v) is 19.0. The van der Waals surface area contributed by atoms with Gasteiger partial charge in [-0.15, -0.1) is 0 Å². The summed E-state index contributed by atoms with van der Waals surface area (Å²) in [5.41, 5.74) is 6.54. The number of benzene rings is 1. The molecular formula is C22H27F2N7O3. The molecule has 0 saturated carbocycles. The maximum atomic E-state index is 14.2. The molecule has 0 spiro atoms. The van der Waals surface area contributed by atoms with Crippen LogP contribution in [-0.4, -0.2) is 66.9 Å². The van der Waals surface area contributed by atoms with Crippen molar-refractivity contribution >= 4 is 23.9 Å². The summed E-state index contributed by atoms with van der Waals surface area (Å²) in [7, 11) is 1.33. The first-order valence-corrected chi connectivity index (χ1v) is 10.5. The number of carbonyl (C=O) groups is 1. The van der Waals surface area contributed by atoms with Crippen molar-refractivity contribution in [1.82, 2.24) is 14.9 Å². The number of hydrogen-bond acceptors (Lipinski definition) is 9. The van der Waals surface area contributed by atoms with Crippen LogP contribution in [0.4, 0.5) is 20.5 Å². The van der Waals surface area contributed by atoms with Crippen LogP contribution in [0.1, 0.15) is 11.1 Å². The van der Waals surface area contributed by atoms with Gasteiger partial charge in [-0.25, -0.2) is 13.8 Å². The number of allylic oxidation sites excluding steroid dienone is 1. The van der Waals surface area contributed by atoms with Gasteiger partial charge in [0.1, 0.15) is 29.7 Å². The van der Waals surface area contributed by atoms with Crippen LogP contribution in [0.15, 0.2) is 35.2 Å². The van der Waals surface area contributed by atoms with Gasteiger partial charge < -0.3 is 30.7 Å². The summed E-state index contributed by atoms with van der Waals surface area (Å²) < 4.78 is 38.5. The van der Waals surface area contributed by atoms with Gasteiger partial charge in [-0.2, -0.15) is 4.98 Å². The number of aryl methyl sites for hydroxylation is 1. The number of methoxy groups -OCH3 is 1. The minimum Gasteiger partial charge on any atom is -0.497 e. The van der Waals surface area contributed by atoms with Crippen LogP contribution in [0.5, 0.6) is 5.75 Å². The fourth-order valence-electron chi connectivity index (χ4n) is 3.10. The standard InChI is InChI=1S/C22H27F2N7O3/c1-14-10-28-22(29-15(9-25)11-26-13-20(32)31-3-5-34-6-4-31)30-21(14)27-12-17-18(23)7-16(33-2)8-19(17)24/h7-11H,3-6,12-13,25H2,1-2H3,(H2,27,28,29,30)/b15-9+,26-11?. The van der Waals surface area contributed by atoms with Gasteiger partial charge in [-0.3, -0.25) is 9.79 Å². The predicted octanol–water partition coefficient (Wildman–Crippen LogP) is 1.83. The summed E-state index contributed by atoms with van der Waals surface area (Å²) in [6, 6.07) is 2.22. The third-order valence-corrected chi connectivity index (χ3v) is 5.01. The van der Waals surface area contributed by atoms with E-state index in [0.717, 1.165) is 12.1 Å². The molecule has 0 atom stereocenters. The van der Waals surface area contributed by atoms with Crippen LogP contribution in [0.2, 0.25) is 0 Å². The molecule has 2 aromatic rings. The zero-order valence-electron chi connectivity index (χ0n) is 19.0. The normalized spacial score (nSPS) is 14.4. The van der Waals surface area contributed by atoms with Crippen LogP contribution in [0.3, 0.4) is 0 Å². The summed E-state index contributed by atoms with van der Waals surface area (Å²) >= 11 is 0. The largest absolute Gasteiger partial charge is 0.497 e. The number of anilines is 2. The Morgan fingerprint density at radius 2 is 2.03 bits per heavy atom. The van der Waals surface area contributed by atoms with Crippen molar-refractivity contribution < 1.29 is 23.0 Å². The monoisotopic (exact) mass is 475 g/mol. The maximum absolute atomic E-state index is 14.2. The van der Waals surface area contributed by atoms with Gasteiger partial charge in [0.25, 0.3) is 0 Å². The lowest BCUT2D eigenvalue weighted by atomic mass is 10.2. The molecule has 1 aromatic heterocycles. The van der Waals surface area contributed by atoms with Crippen LogP contribution in [0, 0.1) is 18.6 Å². The number of ether oxygens (including phenoxy) is 2. The van der Waals surface area contributed by atoms with Crippen molar-refractivity contribution in [2.24, 2.45) is 10.7 Å². The van der Waals surface area contributed by atoms with E-state index in [-0.39, 0.29) is 36.3 Å². The summed E-state index contributed by atoms with van der Waals surface area (Å²) in [4.78, 5) is 26.5. The number of nitrogens with one attached hydrogen (secondary N) is 2. The molecule has 0 radical (unpaired) electrons. The second-order valence-electron chi connectivity index (χ2n) is 7.36. The van der Waals surface area contributed by atoms with E-state index in [1.165, 1.54) is 19.5 Å². The van der Waals surface area contributed by atoms with Crippen LogP contribution < -0.4 is 21.1 Å². The lowest BCUT2D eigenvalue weighted by Gasteiger charge is -2.26. The molecule has 1 aliphatic heterocycles. The second-order valence-corrected chi connectivity index (χ2v) is 7.36. The van der Waals surface area contributed by atoms with Crippen molar-refractivity contribution in [3.05, 3.63) is 53.0 Å². The average Bonchev–Trinajstić information content (AvgIpc) is 2.84. The Morgan fingerprint density at radius 1 is 1.32 bits per heavy atom. The van der Waals surface area contributed by atoms with Crippen LogP contribution >= 0.6 is 0 Å². The van der Waals surface area contributed by atoms with Crippen LogP contribution in [-0.2, 0) is 16.1 Å². The maximum Gasteiger partial charge on any atom is 0.244 e. The van der Waals surface area contributed by atoms with E-state index < -0.39 is 11.6 Å². The quantitative estimate of drug-likeness (QED) is 0.469. The highest BCUT2D eigenvalue weighted by atomic mass is 19.1. The van der Waals surface area contributed by atoms with Crippen LogP contribution in [0.25, 0.3) is 0 Å². The van der Waals surface area contributed by atoms with E-state index in [2.05, 4.69) is 25.6 Å². The molecule has 1 fully saturated rings. The Kier molecular flexibility index (Phi) is 8.68. The molecule has 1 aliphatic rings. The molecule has 0 aliphatic carbocycles. The van der Waals surface area contributed by atoms with Gasteiger partial charge in [0, 0.05) is 61.5 Å². The number of amides is 1. The molecule has 1 amide bonds. The smallest absolute Gasteiger partial charge is 0.244 e. The lowest BCUT2D eigenvalue weighted by Crippen LogP contribution is -2.41. The van der Waals surface area contributed by atoms with Gasteiger partial charge in [0.2, 0.25) is 11.9 Å². The Hall–Kier alpha value is -3.80. The fraction of sp³-hybridized carbons (Fsp3) is 0.364. The average molecular weight is 476 g/mol. The van der Waals surface area contributed by atoms with E-state index in [4.69, 9.17) is 15.2 Å². The van der Waals surface area contributed by atoms with E-state index in [9.17, 15) is 13.6 Å². The van der Waals surface area contributed by atoms with Crippen molar-refractivity contribution in [1.29, 1.82) is 0 Å². The van der Waals surface area contributed by atoms with Crippen molar-refractivity contribution in [2.45, 2.75) is 13.5 Å². The summed E-state index contributed by atoms with van der Waals surface area (Å²) in [5.74, 6) is -0.907.